The van der Waals surface area contributed by atoms with Gasteiger partial charge < -0.3 is 9.47 Å². The van der Waals surface area contributed by atoms with Crippen molar-refractivity contribution in [2.45, 2.75) is 12.8 Å². The number of carbonyl (C=O) groups is 1. The van der Waals surface area contributed by atoms with Gasteiger partial charge in [0.1, 0.15) is 17.8 Å². The van der Waals surface area contributed by atoms with E-state index in [0.29, 0.717) is 5.69 Å². The van der Waals surface area contributed by atoms with Gasteiger partial charge in [0.25, 0.3) is 5.91 Å². The molecule has 2 aromatic rings. The number of likely N-dealkylation sites (tertiary alicyclic amines) is 1. The fourth-order valence-electron chi connectivity index (χ4n) is 2.27. The third-order valence-electron chi connectivity index (χ3n) is 3.32. The zero-order valence-electron chi connectivity index (χ0n) is 10.4. The lowest BCUT2D eigenvalue weighted by molar-refractivity contribution is 0.0787. The fourth-order valence-corrected chi connectivity index (χ4v) is 2.27. The number of hydrogen-bond donors (Lipinski definition) is 0. The Balaban J connectivity index is 1.82. The van der Waals surface area contributed by atoms with Gasteiger partial charge in [-0.2, -0.15) is 0 Å². The highest BCUT2D eigenvalue weighted by atomic mass is 19.1. The van der Waals surface area contributed by atoms with Crippen LogP contribution >= 0.6 is 0 Å². The Morgan fingerprint density at radius 1 is 1.16 bits per heavy atom. The summed E-state index contributed by atoms with van der Waals surface area (Å²) < 4.78 is 14.6. The lowest BCUT2D eigenvalue weighted by Crippen LogP contribution is -2.27. The summed E-state index contributed by atoms with van der Waals surface area (Å²) in [6.07, 6.45) is 5.39. The molecule has 1 aromatic carbocycles. The lowest BCUT2D eigenvalue weighted by Gasteiger charge is -2.12. The second-order valence-corrected chi connectivity index (χ2v) is 4.64. The summed E-state index contributed by atoms with van der Waals surface area (Å²) >= 11 is 0. The van der Waals surface area contributed by atoms with E-state index in [1.54, 1.807) is 29.2 Å². The average Bonchev–Trinajstić information content (AvgIpc) is 3.10. The number of hydrogen-bond acceptors (Lipinski definition) is 2. The molecule has 1 aliphatic heterocycles. The van der Waals surface area contributed by atoms with Gasteiger partial charge in [0, 0.05) is 25.0 Å². The van der Waals surface area contributed by atoms with Crippen molar-refractivity contribution in [3.8, 4) is 5.69 Å². The maximum absolute atomic E-state index is 12.9. The molecule has 1 saturated heterocycles. The van der Waals surface area contributed by atoms with Crippen molar-refractivity contribution in [2.75, 3.05) is 13.1 Å². The number of imidazole rings is 1. The largest absolute Gasteiger partial charge is 0.337 e. The van der Waals surface area contributed by atoms with Crippen LogP contribution in [0.2, 0.25) is 0 Å². The summed E-state index contributed by atoms with van der Waals surface area (Å²) in [6, 6.07) is 6.08. The summed E-state index contributed by atoms with van der Waals surface area (Å²) in [5, 5.41) is 0. The van der Waals surface area contributed by atoms with Crippen LogP contribution < -0.4 is 0 Å². The summed E-state index contributed by atoms with van der Waals surface area (Å²) in [5.41, 5.74) is 1.22. The highest BCUT2D eigenvalue weighted by Crippen LogP contribution is 2.14. The lowest BCUT2D eigenvalue weighted by atomic mass is 10.3. The number of halogens is 1. The second-order valence-electron chi connectivity index (χ2n) is 4.64. The van der Waals surface area contributed by atoms with Gasteiger partial charge in [0.05, 0.1) is 0 Å². The fraction of sp³-hybridized carbons (Fsp3) is 0.286. The molecular weight excluding hydrogens is 245 g/mol. The van der Waals surface area contributed by atoms with Gasteiger partial charge in [-0.3, -0.25) is 4.79 Å². The predicted octanol–water partition coefficient (Wildman–Crippen LogP) is 2.25. The molecule has 0 bridgehead atoms. The molecule has 1 fully saturated rings. The Morgan fingerprint density at radius 3 is 2.53 bits per heavy atom. The van der Waals surface area contributed by atoms with E-state index in [9.17, 15) is 9.18 Å². The topological polar surface area (TPSA) is 38.1 Å². The molecule has 1 amide bonds. The number of amides is 1. The van der Waals surface area contributed by atoms with Crippen LogP contribution in [0.4, 0.5) is 4.39 Å². The molecule has 0 N–H and O–H groups in total. The standard InChI is InChI=1S/C14H14FN3O/c15-11-3-5-12(6-4-11)18-9-13(16-10-18)14(19)17-7-1-2-8-17/h3-6,9-10H,1-2,7-8H2. The first-order chi connectivity index (χ1) is 9.24. The minimum absolute atomic E-state index is 0.0293. The Kier molecular flexibility index (Phi) is 3.03. The number of carbonyl (C=O) groups excluding carboxylic acids is 1. The van der Waals surface area contributed by atoms with E-state index in [-0.39, 0.29) is 11.7 Å². The molecule has 0 aliphatic carbocycles. The minimum Gasteiger partial charge on any atom is -0.337 e. The van der Waals surface area contributed by atoms with Crippen molar-refractivity contribution >= 4 is 5.91 Å². The molecule has 4 nitrogen and oxygen atoms in total. The first-order valence-corrected chi connectivity index (χ1v) is 6.33. The quantitative estimate of drug-likeness (QED) is 0.829. The number of rotatable bonds is 2. The average molecular weight is 259 g/mol. The monoisotopic (exact) mass is 259 g/mol. The summed E-state index contributed by atoms with van der Waals surface area (Å²) in [5.74, 6) is -0.310. The molecule has 19 heavy (non-hydrogen) atoms. The van der Waals surface area contributed by atoms with Gasteiger partial charge in [-0.05, 0) is 37.1 Å². The van der Waals surface area contributed by atoms with Gasteiger partial charge in [-0.15, -0.1) is 0 Å². The highest BCUT2D eigenvalue weighted by Gasteiger charge is 2.21. The zero-order chi connectivity index (χ0) is 13.2. The Bertz CT molecular complexity index is 585. The SMILES string of the molecule is O=C(c1cn(-c2ccc(F)cc2)cn1)N1CCCC1. The minimum atomic E-state index is -0.280. The molecule has 0 unspecified atom stereocenters. The van der Waals surface area contributed by atoms with Gasteiger partial charge in [-0.1, -0.05) is 0 Å². The van der Waals surface area contributed by atoms with Crippen LogP contribution in [-0.2, 0) is 0 Å². The van der Waals surface area contributed by atoms with Crippen molar-refractivity contribution in [2.24, 2.45) is 0 Å². The van der Waals surface area contributed by atoms with Crippen LogP contribution in [0.3, 0.4) is 0 Å². The molecule has 5 heteroatoms. The van der Waals surface area contributed by atoms with Crippen LogP contribution in [0.25, 0.3) is 5.69 Å². The smallest absolute Gasteiger partial charge is 0.274 e. The van der Waals surface area contributed by atoms with Crippen molar-refractivity contribution < 1.29 is 9.18 Å². The van der Waals surface area contributed by atoms with Gasteiger partial charge in [-0.25, -0.2) is 9.37 Å². The van der Waals surface area contributed by atoms with Crippen LogP contribution in [0, 0.1) is 5.82 Å². The maximum Gasteiger partial charge on any atom is 0.274 e. The van der Waals surface area contributed by atoms with Crippen molar-refractivity contribution in [3.63, 3.8) is 0 Å². The molecule has 0 saturated carbocycles. The van der Waals surface area contributed by atoms with Crippen LogP contribution in [-0.4, -0.2) is 33.4 Å². The van der Waals surface area contributed by atoms with E-state index in [2.05, 4.69) is 4.98 Å². The maximum atomic E-state index is 12.9. The molecule has 1 aromatic heterocycles. The molecular formula is C14H14FN3O. The van der Waals surface area contributed by atoms with E-state index < -0.39 is 0 Å². The Morgan fingerprint density at radius 2 is 1.84 bits per heavy atom. The normalized spacial score (nSPS) is 14.9. The third-order valence-corrected chi connectivity index (χ3v) is 3.32. The number of benzene rings is 1. The Labute approximate surface area is 110 Å². The van der Waals surface area contributed by atoms with Gasteiger partial charge in [0.15, 0.2) is 0 Å². The summed E-state index contributed by atoms with van der Waals surface area (Å²) in [7, 11) is 0. The van der Waals surface area contributed by atoms with E-state index in [0.717, 1.165) is 31.6 Å². The first-order valence-electron chi connectivity index (χ1n) is 6.33. The highest BCUT2D eigenvalue weighted by molar-refractivity contribution is 5.92. The number of nitrogens with zero attached hydrogens (tertiary/aromatic N) is 3. The zero-order valence-corrected chi connectivity index (χ0v) is 10.4. The van der Waals surface area contributed by atoms with Gasteiger partial charge in [0.2, 0.25) is 0 Å². The molecule has 2 heterocycles. The van der Waals surface area contributed by atoms with Crippen molar-refractivity contribution in [1.29, 1.82) is 0 Å². The van der Waals surface area contributed by atoms with Crippen LogP contribution in [0.1, 0.15) is 23.3 Å². The van der Waals surface area contributed by atoms with Crippen molar-refractivity contribution in [1.82, 2.24) is 14.5 Å². The molecule has 0 atom stereocenters. The molecule has 0 radical (unpaired) electrons. The summed E-state index contributed by atoms with van der Waals surface area (Å²) in [6.45, 7) is 1.62. The predicted molar refractivity (Wildman–Crippen MR) is 68.7 cm³/mol. The van der Waals surface area contributed by atoms with E-state index >= 15 is 0 Å². The van der Waals surface area contributed by atoms with E-state index in [4.69, 9.17) is 0 Å². The molecule has 98 valence electrons. The second kappa shape index (κ2) is 4.84. The molecule has 0 spiro atoms. The Hall–Kier alpha value is -2.17. The summed E-state index contributed by atoms with van der Waals surface area (Å²) in [4.78, 5) is 18.1. The number of aromatic nitrogens is 2. The molecule has 3 rings (SSSR count). The van der Waals surface area contributed by atoms with Gasteiger partial charge >= 0.3 is 0 Å². The molecule has 1 aliphatic rings. The van der Waals surface area contributed by atoms with E-state index in [1.165, 1.54) is 12.1 Å². The van der Waals surface area contributed by atoms with Crippen LogP contribution in [0.15, 0.2) is 36.8 Å². The van der Waals surface area contributed by atoms with Crippen LogP contribution in [0.5, 0.6) is 0 Å². The first kappa shape index (κ1) is 11.9. The van der Waals surface area contributed by atoms with E-state index in [1.807, 2.05) is 4.90 Å². The third kappa shape index (κ3) is 2.36. The van der Waals surface area contributed by atoms with Crippen molar-refractivity contribution in [3.05, 3.63) is 48.3 Å².